The Balaban J connectivity index is 11.9. The molecular formula is H72P72. The molecule has 0 aromatic heterocycles. The van der Waals surface area contributed by atoms with Crippen molar-refractivity contribution in [3.63, 3.8) is 0 Å². The first-order chi connectivity index (χ1) is 32.7. The topological polar surface area (TPSA) is 0 Å². The molecule has 0 aliphatic heterocycles. The molecule has 39 unspecified atom stereocenters. The van der Waals surface area contributed by atoms with E-state index in [1.54, 1.807) is 0 Å². The number of rotatable bonds is 34. The van der Waals surface area contributed by atoms with E-state index in [0.717, 1.165) is 0 Å². The van der Waals surface area contributed by atoms with Gasteiger partial charge < -0.3 is 0 Å². The smallest absolute Gasteiger partial charge is 0.00000744 e. The van der Waals surface area contributed by atoms with Crippen LogP contribution in [0, 0.1) is 0 Å². The van der Waals surface area contributed by atoms with Crippen LogP contribution < -0.4 is 0 Å². The van der Waals surface area contributed by atoms with Gasteiger partial charge in [0, 0.05) is 0 Å². The minimum Gasteiger partial charge on any atom is -0.102 e. The summed E-state index contributed by atoms with van der Waals surface area (Å²) in [4.78, 5) is 0. The third-order valence-electron chi connectivity index (χ3n) is 6.30. The van der Waals surface area contributed by atoms with Crippen molar-refractivity contribution < 1.29 is 0 Å². The van der Waals surface area contributed by atoms with Crippen molar-refractivity contribution in [2.75, 3.05) is 0 Å². The van der Waals surface area contributed by atoms with Gasteiger partial charge in [-0.3, -0.25) is 0 Å². The molecule has 0 spiro atoms. The van der Waals surface area contributed by atoms with Gasteiger partial charge in [-0.25, -0.2) is 0 Å². The highest BCUT2D eigenvalue weighted by Crippen LogP contribution is 3.50. The summed E-state index contributed by atoms with van der Waals surface area (Å²) in [7, 11) is 136. The van der Waals surface area contributed by atoms with Crippen LogP contribution in [-0.4, -0.2) is 0 Å². The lowest BCUT2D eigenvalue weighted by Gasteiger charge is -2.61. The maximum atomic E-state index is 4.58. The molecule has 0 saturated heterocycles. The van der Waals surface area contributed by atoms with Crippen molar-refractivity contribution in [1.29, 1.82) is 0 Å². The van der Waals surface area contributed by atoms with Crippen LogP contribution in [-0.2, 0) is 0 Å². The van der Waals surface area contributed by atoms with E-state index in [1.807, 2.05) is 0 Å². The molecule has 0 fully saturated rings. The van der Waals surface area contributed by atoms with Crippen LogP contribution >= 0.6 is 575 Å². The highest BCUT2D eigenvalue weighted by Gasteiger charge is 2.63. The van der Waals surface area contributed by atoms with Gasteiger partial charge in [0.25, 0.3) is 0 Å². The standard InChI is InChI=1S/H72P72/c1-38(2)56(37)65(55(35)36)70(66(57(39(3)4)40(5)6)58(41(7)8)42(9)10)72(69(63(51(27)28)52(29)30)64(53(31)32)54(33)34)71(67(59(43(11)12)44(13)14)60(45(15)16)46(17)18)68(61(47(19)20)48(21)22)62(49(23)24)50(25)26/h1-2H,3-37H2. The molecule has 0 aliphatic rings. The average Bonchev–Trinajstić information content (AvgIpc) is 3.15. The van der Waals surface area contributed by atoms with Crippen molar-refractivity contribution in [3.8, 4) is 0 Å². The number of hydrogen-bond acceptors (Lipinski definition) is 0. The molecule has 0 heterocycles. The van der Waals surface area contributed by atoms with Gasteiger partial charge in [-0.05, 0) is 245 Å². The summed E-state index contributed by atoms with van der Waals surface area (Å²) in [5.41, 5.74) is 0. The Morgan fingerprint density at radius 3 is 0.292 bits per heavy atom. The first-order valence-corrected chi connectivity index (χ1v) is 147. The molecule has 72 heavy (non-hydrogen) atoms. The highest BCUT2D eigenvalue weighted by atomic mass is 33.6. The molecule has 39 atom stereocenters. The van der Waals surface area contributed by atoms with Crippen LogP contribution in [0.3, 0.4) is 0 Å². The first-order valence-electron chi connectivity index (χ1n) is 16.3. The maximum absolute atomic E-state index is 4.58. The molecular weight excluding hydrogens is 2230 g/mol. The Morgan fingerprint density at radius 1 is 0.125 bits per heavy atom. The quantitative estimate of drug-likeness (QED) is 0.0564. The first kappa shape index (κ1) is 103. The van der Waals surface area contributed by atoms with E-state index in [9.17, 15) is 0 Å². The number of hydrogen-bond donors (Lipinski definition) is 0. The monoisotopic (exact) mass is 2300 g/mol. The van der Waals surface area contributed by atoms with Gasteiger partial charge >= 0.3 is 0 Å². The minimum absolute atomic E-state index is 0.268. The van der Waals surface area contributed by atoms with Crippen molar-refractivity contribution in [1.82, 2.24) is 0 Å². The zero-order valence-electron chi connectivity index (χ0n) is 36.9. The zero-order chi connectivity index (χ0) is 57.2. The molecule has 432 valence electrons. The third-order valence-corrected chi connectivity index (χ3v) is 510. The van der Waals surface area contributed by atoms with E-state index in [1.165, 1.54) is 0 Å². The van der Waals surface area contributed by atoms with Crippen molar-refractivity contribution >= 4 is 575 Å². The Kier molecular flexibility index (Phi) is 80.4. The fourth-order valence-electron chi connectivity index (χ4n) is 4.29. The summed E-state index contributed by atoms with van der Waals surface area (Å²) >= 11 is 0. The zero-order valence-corrected chi connectivity index (χ0v) is 111. The van der Waals surface area contributed by atoms with E-state index in [2.05, 4.69) is 330 Å². The van der Waals surface area contributed by atoms with Gasteiger partial charge in [-0.2, -0.15) is 0 Å². The van der Waals surface area contributed by atoms with Gasteiger partial charge in [0.1, 0.15) is 0 Å². The molecule has 0 nitrogen and oxygen atoms in total. The van der Waals surface area contributed by atoms with Crippen LogP contribution in [0.5, 0.6) is 0 Å². The van der Waals surface area contributed by atoms with E-state index >= 15 is 0 Å². The summed E-state index contributed by atoms with van der Waals surface area (Å²) in [5.74, 6) is 0. The summed E-state index contributed by atoms with van der Waals surface area (Å²) in [5, 5.41) is 0. The Hall–Kier alpha value is 31.0. The van der Waals surface area contributed by atoms with Crippen LogP contribution in [0.2, 0.25) is 0 Å². The molecule has 0 aromatic rings. The molecule has 0 aliphatic carbocycles. The summed E-state index contributed by atoms with van der Waals surface area (Å²) in [6.45, 7) is -11.4. The van der Waals surface area contributed by atoms with Gasteiger partial charge in [-0.15, -0.1) is 312 Å². The second-order valence-corrected chi connectivity index (χ2v) is 307. The normalized spacial score (nSPS) is 16.2. The van der Waals surface area contributed by atoms with Crippen molar-refractivity contribution in [3.05, 3.63) is 0 Å². The van der Waals surface area contributed by atoms with Crippen LogP contribution in [0.15, 0.2) is 0 Å². The minimum atomic E-state index is -0.502. The SMILES string of the molecule is [PH]P([PH])P(P)P(P(P)P)P(P(P(P(P)P)P(P)P)P(P(P)P)P(P)P)P(P(P(P(P)P)P(P)P)P(P(P)P)P(P)P)P(P(P(P(P)P)P(P)P)P(P(P)P)P(P)P)P(P(P(P)P)P(P)P)P(P(P)P)P(P)P. The maximum Gasteiger partial charge on any atom is -0.00000744 e. The molecule has 72 heteroatoms. The predicted molar refractivity (Wildman–Crippen MR) is 599 cm³/mol. The highest BCUT2D eigenvalue weighted by molar-refractivity contribution is 9.56. The van der Waals surface area contributed by atoms with E-state index in [4.69, 9.17) is 0 Å². The van der Waals surface area contributed by atoms with Gasteiger partial charge in [0.05, 0.1) is 0 Å². The Morgan fingerprint density at radius 2 is 0.208 bits per heavy atom. The fraction of sp³-hybridized carbons (Fsp3) is 0. The van der Waals surface area contributed by atoms with Crippen LogP contribution in [0.25, 0.3) is 0 Å². The van der Waals surface area contributed by atoms with E-state index in [0.29, 0.717) is 0 Å². The van der Waals surface area contributed by atoms with Gasteiger partial charge in [0.2, 0.25) is 0 Å². The van der Waals surface area contributed by atoms with Gasteiger partial charge in [-0.1, -0.05) is 17.9 Å². The molecule has 0 bridgehead atoms. The lowest BCUT2D eigenvalue weighted by molar-refractivity contribution is 4.32. The molecule has 2 radical (unpaired) electrons. The summed E-state index contributed by atoms with van der Waals surface area (Å²) in [6, 6.07) is 0. The largest absolute Gasteiger partial charge is 0.102 e. The van der Waals surface area contributed by atoms with E-state index in [-0.39, 0.29) is 217 Å². The molecule has 0 aromatic carbocycles. The van der Waals surface area contributed by atoms with Crippen LogP contribution in [0.4, 0.5) is 0 Å². The second kappa shape index (κ2) is 56.2. The van der Waals surface area contributed by atoms with E-state index < -0.39 is 27.9 Å². The molecule has 0 N–H and O–H groups in total. The van der Waals surface area contributed by atoms with Crippen molar-refractivity contribution in [2.45, 2.75) is 0 Å². The fourth-order valence-corrected chi connectivity index (χ4v) is 1040. The lowest BCUT2D eigenvalue weighted by atomic mass is 28.4. The molecule has 0 amide bonds. The Labute approximate surface area is 566 Å². The van der Waals surface area contributed by atoms with Crippen molar-refractivity contribution in [2.24, 2.45) is 0 Å². The van der Waals surface area contributed by atoms with Crippen LogP contribution in [0.1, 0.15) is 0 Å². The lowest BCUT2D eigenvalue weighted by Crippen LogP contribution is -1.74. The molecule has 0 rings (SSSR count). The Bertz CT molecular complexity index is 1190. The second-order valence-electron chi connectivity index (χ2n) is 11.4. The van der Waals surface area contributed by atoms with Gasteiger partial charge in [0.15, 0.2) is 0 Å². The summed E-state index contributed by atoms with van der Waals surface area (Å²) < 4.78 is 0. The predicted octanol–water partition coefficient (Wildman–Crippen LogP) is 42.7. The average molecular weight is 2300 g/mol. The third kappa shape index (κ3) is 36.2. The molecule has 0 saturated carbocycles. The summed E-state index contributed by atoms with van der Waals surface area (Å²) in [6.07, 6.45) is 0.